The molecule has 3 heteroatoms. The molecule has 0 amide bonds. The van der Waals surface area contributed by atoms with Gasteiger partial charge in [0.05, 0.1) is 10.4 Å². The molecule has 1 atom stereocenters. The number of benzene rings is 1. The number of anilines is 1. The monoisotopic (exact) mass is 319 g/mol. The highest BCUT2D eigenvalue weighted by atomic mass is 35.5. The minimum absolute atomic E-state index is 0.426. The normalized spacial score (nSPS) is 17.0. The zero-order valence-corrected chi connectivity index (χ0v) is 14.1. The van der Waals surface area contributed by atoms with E-state index < -0.39 is 0 Å². The van der Waals surface area contributed by atoms with Crippen LogP contribution in [-0.2, 0) is 12.8 Å². The molecule has 0 bridgehead atoms. The van der Waals surface area contributed by atoms with Crippen LogP contribution < -0.4 is 5.32 Å². The minimum Gasteiger partial charge on any atom is -0.378 e. The number of aryl methyl sites for hydroxylation is 2. The molecule has 1 N–H and O–H groups in total. The molecular weight excluding hydrogens is 298 g/mol. The first-order chi connectivity index (χ1) is 10.3. The molecular formula is C18H22ClNS. The Morgan fingerprint density at radius 3 is 2.81 bits per heavy atom. The van der Waals surface area contributed by atoms with E-state index in [9.17, 15) is 0 Å². The van der Waals surface area contributed by atoms with Crippen molar-refractivity contribution in [2.24, 2.45) is 0 Å². The van der Waals surface area contributed by atoms with Gasteiger partial charge >= 0.3 is 0 Å². The van der Waals surface area contributed by atoms with Crippen LogP contribution in [0.2, 0.25) is 4.34 Å². The van der Waals surface area contributed by atoms with Gasteiger partial charge < -0.3 is 5.32 Å². The van der Waals surface area contributed by atoms with Gasteiger partial charge in [0.2, 0.25) is 0 Å². The van der Waals surface area contributed by atoms with Crippen LogP contribution in [0.4, 0.5) is 5.69 Å². The first-order valence-corrected chi connectivity index (χ1v) is 9.09. The molecule has 1 heterocycles. The Bertz CT molecular complexity index is 588. The van der Waals surface area contributed by atoms with Crippen LogP contribution in [0.15, 0.2) is 30.3 Å². The van der Waals surface area contributed by atoms with E-state index >= 15 is 0 Å². The molecule has 3 rings (SSSR count). The zero-order chi connectivity index (χ0) is 14.7. The number of fused-ring (bicyclic) bond motifs is 1. The summed E-state index contributed by atoms with van der Waals surface area (Å²) in [7, 11) is 0. The van der Waals surface area contributed by atoms with Crippen LogP contribution in [-0.4, -0.2) is 0 Å². The maximum atomic E-state index is 6.12. The molecule has 1 nitrogen and oxygen atoms in total. The van der Waals surface area contributed by atoms with E-state index in [1.165, 1.54) is 53.8 Å². The molecule has 21 heavy (non-hydrogen) atoms. The van der Waals surface area contributed by atoms with Gasteiger partial charge in [0.1, 0.15) is 0 Å². The summed E-state index contributed by atoms with van der Waals surface area (Å²) >= 11 is 7.85. The summed E-state index contributed by atoms with van der Waals surface area (Å²) < 4.78 is 0.915. The molecule has 1 unspecified atom stereocenters. The molecule has 1 aromatic carbocycles. The van der Waals surface area contributed by atoms with E-state index in [4.69, 9.17) is 11.6 Å². The fourth-order valence-corrected chi connectivity index (χ4v) is 4.39. The highest BCUT2D eigenvalue weighted by molar-refractivity contribution is 7.16. The number of hydrogen-bond acceptors (Lipinski definition) is 2. The molecule has 0 spiro atoms. The second kappa shape index (κ2) is 6.85. The van der Waals surface area contributed by atoms with Gasteiger partial charge in [-0.3, -0.25) is 0 Å². The molecule has 1 aliphatic rings. The maximum absolute atomic E-state index is 6.12. The average molecular weight is 320 g/mol. The third-order valence-electron chi connectivity index (χ3n) is 4.21. The Morgan fingerprint density at radius 1 is 1.24 bits per heavy atom. The first-order valence-electron chi connectivity index (χ1n) is 7.90. The third kappa shape index (κ3) is 3.61. The van der Waals surface area contributed by atoms with E-state index in [-0.39, 0.29) is 0 Å². The summed E-state index contributed by atoms with van der Waals surface area (Å²) in [6.45, 7) is 2.25. The van der Waals surface area contributed by atoms with E-state index in [1.807, 2.05) is 0 Å². The fraction of sp³-hybridized carbons (Fsp3) is 0.444. The number of nitrogens with one attached hydrogen (secondary N) is 1. The molecule has 1 aromatic heterocycles. The SMILES string of the molecule is CCCCCc1ccc(NC2CCc3sc(Cl)cc32)cc1. The van der Waals surface area contributed by atoms with Gasteiger partial charge in [0.15, 0.2) is 0 Å². The lowest BCUT2D eigenvalue weighted by Gasteiger charge is -2.15. The summed E-state index contributed by atoms with van der Waals surface area (Å²) in [5, 5.41) is 3.65. The van der Waals surface area contributed by atoms with Crippen LogP contribution in [0, 0.1) is 0 Å². The van der Waals surface area contributed by atoms with Crippen molar-refractivity contribution in [3.8, 4) is 0 Å². The summed E-state index contributed by atoms with van der Waals surface area (Å²) in [6, 6.07) is 11.5. The lowest BCUT2D eigenvalue weighted by molar-refractivity contribution is 0.717. The third-order valence-corrected chi connectivity index (χ3v) is 5.55. The van der Waals surface area contributed by atoms with Crippen LogP contribution in [0.1, 0.15) is 54.7 Å². The minimum atomic E-state index is 0.426. The summed E-state index contributed by atoms with van der Waals surface area (Å²) in [5.41, 5.74) is 4.06. The number of rotatable bonds is 6. The Hall–Kier alpha value is -0.990. The first kappa shape index (κ1) is 14.9. The quantitative estimate of drug-likeness (QED) is 0.622. The molecule has 0 fully saturated rings. The smallest absolute Gasteiger partial charge is 0.0934 e. The summed E-state index contributed by atoms with van der Waals surface area (Å²) in [5.74, 6) is 0. The lowest BCUT2D eigenvalue weighted by atomic mass is 10.1. The van der Waals surface area contributed by atoms with Gasteiger partial charge in [-0.05, 0) is 55.0 Å². The fourth-order valence-electron chi connectivity index (χ4n) is 3.03. The van der Waals surface area contributed by atoms with Gasteiger partial charge in [-0.2, -0.15) is 0 Å². The topological polar surface area (TPSA) is 12.0 Å². The molecule has 0 saturated carbocycles. The second-order valence-electron chi connectivity index (χ2n) is 5.82. The predicted octanol–water partition coefficient (Wildman–Crippen LogP) is 6.23. The van der Waals surface area contributed by atoms with Gasteiger partial charge in [-0.1, -0.05) is 43.5 Å². The number of halogens is 1. The Balaban J connectivity index is 1.61. The van der Waals surface area contributed by atoms with Crippen molar-refractivity contribution >= 4 is 28.6 Å². The van der Waals surface area contributed by atoms with Gasteiger partial charge in [-0.25, -0.2) is 0 Å². The van der Waals surface area contributed by atoms with Crippen molar-refractivity contribution in [2.75, 3.05) is 5.32 Å². The molecule has 1 aliphatic carbocycles. The molecule has 0 saturated heterocycles. The van der Waals surface area contributed by atoms with Gasteiger partial charge in [-0.15, -0.1) is 11.3 Å². The Labute approximate surface area is 136 Å². The largest absolute Gasteiger partial charge is 0.378 e. The van der Waals surface area contributed by atoms with E-state index in [2.05, 4.69) is 42.6 Å². The van der Waals surface area contributed by atoms with Crippen LogP contribution in [0.25, 0.3) is 0 Å². The number of unbranched alkanes of at least 4 members (excludes halogenated alkanes) is 2. The lowest BCUT2D eigenvalue weighted by Crippen LogP contribution is -2.06. The van der Waals surface area contributed by atoms with Crippen molar-refractivity contribution in [1.82, 2.24) is 0 Å². The van der Waals surface area contributed by atoms with Crippen LogP contribution >= 0.6 is 22.9 Å². The van der Waals surface area contributed by atoms with Crippen molar-refractivity contribution < 1.29 is 0 Å². The number of hydrogen-bond donors (Lipinski definition) is 1. The van der Waals surface area contributed by atoms with Crippen molar-refractivity contribution in [3.63, 3.8) is 0 Å². The van der Waals surface area contributed by atoms with Gasteiger partial charge in [0.25, 0.3) is 0 Å². The molecule has 0 aliphatic heterocycles. The maximum Gasteiger partial charge on any atom is 0.0934 e. The molecule has 0 radical (unpaired) electrons. The Kier molecular flexibility index (Phi) is 4.87. The van der Waals surface area contributed by atoms with Crippen molar-refractivity contribution in [1.29, 1.82) is 0 Å². The average Bonchev–Trinajstić information content (AvgIpc) is 3.02. The standard InChI is InChI=1S/C18H22ClNS/c1-2-3-4-5-13-6-8-14(9-7-13)20-16-10-11-17-15(16)12-18(19)21-17/h6-9,12,16,20H,2-5,10-11H2,1H3. The zero-order valence-electron chi connectivity index (χ0n) is 12.5. The van der Waals surface area contributed by atoms with Crippen LogP contribution in [0.5, 0.6) is 0 Å². The van der Waals surface area contributed by atoms with E-state index in [1.54, 1.807) is 11.3 Å². The van der Waals surface area contributed by atoms with Crippen LogP contribution in [0.3, 0.4) is 0 Å². The highest BCUT2D eigenvalue weighted by Crippen LogP contribution is 2.40. The van der Waals surface area contributed by atoms with Crippen molar-refractivity contribution in [3.05, 3.63) is 50.7 Å². The number of thiophene rings is 1. The Morgan fingerprint density at radius 2 is 2.05 bits per heavy atom. The molecule has 2 aromatic rings. The second-order valence-corrected chi connectivity index (χ2v) is 7.59. The highest BCUT2D eigenvalue weighted by Gasteiger charge is 2.24. The van der Waals surface area contributed by atoms with Crippen molar-refractivity contribution in [2.45, 2.75) is 51.5 Å². The van der Waals surface area contributed by atoms with E-state index in [0.717, 1.165) is 10.8 Å². The van der Waals surface area contributed by atoms with Gasteiger partial charge in [0, 0.05) is 10.6 Å². The predicted molar refractivity (Wildman–Crippen MR) is 93.7 cm³/mol. The molecule has 112 valence electrons. The van der Waals surface area contributed by atoms with E-state index in [0.29, 0.717) is 6.04 Å². The summed E-state index contributed by atoms with van der Waals surface area (Å²) in [4.78, 5) is 1.45. The summed E-state index contributed by atoms with van der Waals surface area (Å²) in [6.07, 6.45) is 7.43.